The zero-order valence-corrected chi connectivity index (χ0v) is 15.2. The number of carbonyl (C=O) groups is 4. The number of carbonyl (C=O) groups excluding carboxylic acids is 3. The van der Waals surface area contributed by atoms with Gasteiger partial charge in [0.15, 0.2) is 5.78 Å². The van der Waals surface area contributed by atoms with Crippen LogP contribution < -0.4 is 16.2 Å². The van der Waals surface area contributed by atoms with Crippen LogP contribution in [0, 0.1) is 6.92 Å². The minimum Gasteiger partial charge on any atom is -0.481 e. The van der Waals surface area contributed by atoms with Gasteiger partial charge in [-0.15, -0.1) is 0 Å². The van der Waals surface area contributed by atoms with E-state index >= 15 is 0 Å². The topological polar surface area (TPSA) is 135 Å². The summed E-state index contributed by atoms with van der Waals surface area (Å²) >= 11 is 0. The third-order valence-electron chi connectivity index (χ3n) is 3.73. The molecule has 0 aliphatic carbocycles. The van der Waals surface area contributed by atoms with Crippen molar-refractivity contribution in [1.29, 1.82) is 0 Å². The number of alkyl halides is 1. The molecule has 0 bridgehead atoms. The molecule has 1 aromatic rings. The number of amides is 2. The first-order valence-corrected chi connectivity index (χ1v) is 8.21. The van der Waals surface area contributed by atoms with Gasteiger partial charge in [0.2, 0.25) is 11.8 Å². The van der Waals surface area contributed by atoms with E-state index in [-0.39, 0.29) is 12.1 Å². The highest BCUT2D eigenvalue weighted by atomic mass is 19.1. The van der Waals surface area contributed by atoms with Gasteiger partial charge in [-0.25, -0.2) is 4.39 Å². The highest BCUT2D eigenvalue weighted by Crippen LogP contribution is 2.14. The minimum absolute atomic E-state index is 0.0179. The lowest BCUT2D eigenvalue weighted by Gasteiger charge is -2.22. The fourth-order valence-electron chi connectivity index (χ4n) is 2.54. The Morgan fingerprint density at radius 1 is 1.30 bits per heavy atom. The number of hydrogen-bond donors (Lipinski definition) is 3. The largest absolute Gasteiger partial charge is 0.481 e. The number of aliphatic carboxylic acids is 1. The molecule has 2 atom stereocenters. The van der Waals surface area contributed by atoms with E-state index in [1.807, 2.05) is 0 Å². The van der Waals surface area contributed by atoms with Crippen LogP contribution in [-0.4, -0.2) is 46.0 Å². The molecule has 0 saturated carbocycles. The number of nitrogens with one attached hydrogen (secondary N) is 2. The van der Waals surface area contributed by atoms with Crippen molar-refractivity contribution in [3.63, 3.8) is 0 Å². The van der Waals surface area contributed by atoms with E-state index in [0.29, 0.717) is 5.56 Å². The average Bonchev–Trinajstić information content (AvgIpc) is 2.57. The van der Waals surface area contributed by atoms with E-state index in [1.54, 1.807) is 13.8 Å². The van der Waals surface area contributed by atoms with Crippen molar-refractivity contribution in [2.45, 2.75) is 45.7 Å². The molecule has 27 heavy (non-hydrogen) atoms. The van der Waals surface area contributed by atoms with Crippen molar-refractivity contribution in [2.75, 3.05) is 12.0 Å². The Morgan fingerprint density at radius 3 is 2.41 bits per heavy atom. The smallest absolute Gasteiger partial charge is 0.305 e. The fraction of sp³-hybridized carbons (Fsp3) is 0.471. The van der Waals surface area contributed by atoms with Gasteiger partial charge in [-0.3, -0.25) is 24.0 Å². The number of ketones is 1. The first-order chi connectivity index (χ1) is 12.6. The van der Waals surface area contributed by atoms with Crippen molar-refractivity contribution in [2.24, 2.45) is 0 Å². The summed E-state index contributed by atoms with van der Waals surface area (Å²) in [6.45, 7) is 3.08. The third-order valence-corrected chi connectivity index (χ3v) is 3.73. The second-order valence-electron chi connectivity index (χ2n) is 6.01. The van der Waals surface area contributed by atoms with Crippen molar-refractivity contribution in [3.05, 3.63) is 28.2 Å². The Balaban J connectivity index is 3.22. The van der Waals surface area contributed by atoms with E-state index in [0.717, 1.165) is 4.57 Å². The maximum absolute atomic E-state index is 12.6. The van der Waals surface area contributed by atoms with Crippen LogP contribution in [0.1, 0.15) is 38.3 Å². The normalized spacial score (nSPS) is 12.7. The minimum atomic E-state index is -1.54. The average molecular weight is 383 g/mol. The van der Waals surface area contributed by atoms with E-state index in [9.17, 15) is 28.4 Å². The van der Waals surface area contributed by atoms with Gasteiger partial charge in [0.05, 0.1) is 6.42 Å². The predicted molar refractivity (Wildman–Crippen MR) is 94.2 cm³/mol. The summed E-state index contributed by atoms with van der Waals surface area (Å²) in [6, 6.07) is -1.16. The lowest BCUT2D eigenvalue weighted by molar-refractivity contribution is -0.140. The molecule has 0 fully saturated rings. The number of carboxylic acids is 1. The Kier molecular flexibility index (Phi) is 7.82. The van der Waals surface area contributed by atoms with Gasteiger partial charge in [0.1, 0.15) is 24.4 Å². The summed E-state index contributed by atoms with van der Waals surface area (Å²) < 4.78 is 13.7. The third kappa shape index (κ3) is 6.01. The van der Waals surface area contributed by atoms with Crippen LogP contribution >= 0.6 is 0 Å². The maximum Gasteiger partial charge on any atom is 0.305 e. The highest BCUT2D eigenvalue weighted by molar-refractivity contribution is 5.93. The van der Waals surface area contributed by atoms with Crippen molar-refractivity contribution in [3.8, 4) is 0 Å². The lowest BCUT2D eigenvalue weighted by atomic mass is 10.1. The molecule has 1 heterocycles. The number of hydrogen-bond acceptors (Lipinski definition) is 5. The van der Waals surface area contributed by atoms with Crippen LogP contribution in [0.2, 0.25) is 0 Å². The monoisotopic (exact) mass is 383 g/mol. The Bertz CT molecular complexity index is 804. The van der Waals surface area contributed by atoms with Crippen molar-refractivity contribution < 1.29 is 28.7 Å². The van der Waals surface area contributed by atoms with E-state index in [4.69, 9.17) is 5.11 Å². The molecule has 0 spiro atoms. The van der Waals surface area contributed by atoms with Crippen LogP contribution in [0.15, 0.2) is 17.1 Å². The van der Waals surface area contributed by atoms with Gasteiger partial charge in [0.25, 0.3) is 5.56 Å². The van der Waals surface area contributed by atoms with Crippen LogP contribution in [0.3, 0.4) is 0 Å². The van der Waals surface area contributed by atoms with Crippen LogP contribution in [0.4, 0.5) is 10.1 Å². The molecule has 2 amide bonds. The molecular weight excluding hydrogens is 361 g/mol. The molecule has 1 rings (SSSR count). The molecule has 0 aromatic carbocycles. The second-order valence-corrected chi connectivity index (χ2v) is 6.01. The number of halogens is 1. The molecule has 10 heteroatoms. The second kappa shape index (κ2) is 9.60. The summed E-state index contributed by atoms with van der Waals surface area (Å²) in [5.74, 6) is -3.71. The zero-order chi connectivity index (χ0) is 20.7. The molecule has 9 nitrogen and oxygen atoms in total. The maximum atomic E-state index is 12.6. The molecule has 0 aliphatic rings. The number of anilines is 1. The first kappa shape index (κ1) is 22.0. The Labute approximate surface area is 154 Å². The van der Waals surface area contributed by atoms with Crippen LogP contribution in [0.5, 0.6) is 0 Å². The summed E-state index contributed by atoms with van der Waals surface area (Å²) in [5, 5.41) is 13.4. The fourth-order valence-corrected chi connectivity index (χ4v) is 2.54. The van der Waals surface area contributed by atoms with Gasteiger partial charge in [-0.05, 0) is 25.0 Å². The number of nitrogens with zero attached hydrogens (tertiary/aromatic N) is 1. The Morgan fingerprint density at radius 2 is 1.93 bits per heavy atom. The molecule has 1 aromatic heterocycles. The summed E-state index contributed by atoms with van der Waals surface area (Å²) in [4.78, 5) is 58.8. The standard InChI is InChI=1S/C17H22FN3O6/c1-4-13(16(26)20-11(6-15(24)25)14(23)7-18)21-8-9(2)5-12(17(21)27)19-10(3)22/h5,8,11,13H,4,6-7H2,1-3H3,(H,19,22)(H,20,26)(H,24,25). The molecule has 2 unspecified atom stereocenters. The molecule has 0 radical (unpaired) electrons. The Hall–Kier alpha value is -3.04. The van der Waals surface area contributed by atoms with Crippen LogP contribution in [-0.2, 0) is 19.2 Å². The molecule has 0 saturated heterocycles. The quantitative estimate of drug-likeness (QED) is 0.570. The summed E-state index contributed by atoms with van der Waals surface area (Å²) in [7, 11) is 0. The van der Waals surface area contributed by atoms with E-state index in [2.05, 4.69) is 10.6 Å². The number of rotatable bonds is 9. The van der Waals surface area contributed by atoms with E-state index in [1.165, 1.54) is 19.2 Å². The molecule has 148 valence electrons. The summed E-state index contributed by atoms with van der Waals surface area (Å²) in [6.07, 6.45) is 0.771. The summed E-state index contributed by atoms with van der Waals surface area (Å²) in [5.41, 5.74) is -0.0633. The molecule has 0 aliphatic heterocycles. The van der Waals surface area contributed by atoms with Gasteiger partial charge >= 0.3 is 5.97 Å². The lowest BCUT2D eigenvalue weighted by Crippen LogP contribution is -2.47. The number of aryl methyl sites for hydroxylation is 1. The van der Waals surface area contributed by atoms with Crippen molar-refractivity contribution >= 4 is 29.3 Å². The zero-order valence-electron chi connectivity index (χ0n) is 15.2. The van der Waals surface area contributed by atoms with Gasteiger partial charge in [0, 0.05) is 13.1 Å². The number of Topliss-reactive ketones (excluding diaryl/α,β-unsaturated/α-hetero) is 1. The van der Waals surface area contributed by atoms with Crippen LogP contribution in [0.25, 0.3) is 0 Å². The SMILES string of the molecule is CCC(C(=O)NC(CC(=O)O)C(=O)CF)n1cc(C)cc(NC(C)=O)c1=O. The number of aromatic nitrogens is 1. The van der Waals surface area contributed by atoms with E-state index < -0.39 is 54.3 Å². The molecular formula is C17H22FN3O6. The number of pyridine rings is 1. The first-order valence-electron chi connectivity index (χ1n) is 8.21. The van der Waals surface area contributed by atoms with Gasteiger partial charge in [-0.2, -0.15) is 0 Å². The highest BCUT2D eigenvalue weighted by Gasteiger charge is 2.28. The van der Waals surface area contributed by atoms with Crippen molar-refractivity contribution in [1.82, 2.24) is 9.88 Å². The number of carboxylic acid groups (broad SMARTS) is 1. The molecule has 3 N–H and O–H groups in total. The predicted octanol–water partition coefficient (Wildman–Crippen LogP) is 0.564. The van der Waals surface area contributed by atoms with Gasteiger partial charge in [-0.1, -0.05) is 6.92 Å². The van der Waals surface area contributed by atoms with Gasteiger partial charge < -0.3 is 20.3 Å².